The number of rotatable bonds is 13. The van der Waals surface area contributed by atoms with E-state index in [-0.39, 0.29) is 25.4 Å². The zero-order valence-corrected chi connectivity index (χ0v) is 29.2. The molecular weight excluding hydrogens is 644 g/mol. The number of benzene rings is 4. The molecule has 6 rings (SSSR count). The molecule has 2 heterocycles. The number of hydrogen-bond donors (Lipinski definition) is 3. The minimum Gasteiger partial charge on any atom is -0.467 e. The van der Waals surface area contributed by atoms with Crippen LogP contribution in [0, 0.1) is 0 Å². The van der Waals surface area contributed by atoms with Gasteiger partial charge in [0.2, 0.25) is 0 Å². The van der Waals surface area contributed by atoms with Crippen molar-refractivity contribution in [3.8, 4) is 0 Å². The molecule has 4 aromatic rings. The van der Waals surface area contributed by atoms with E-state index in [4.69, 9.17) is 14.2 Å². The molecule has 268 valence electrons. The number of carbonyl (C=O) groups excluding carboxylic acids is 2. The Morgan fingerprint density at radius 2 is 1.37 bits per heavy atom. The van der Waals surface area contributed by atoms with Crippen LogP contribution in [-0.2, 0) is 45.1 Å². The van der Waals surface area contributed by atoms with E-state index in [1.165, 1.54) is 12.7 Å². The van der Waals surface area contributed by atoms with Gasteiger partial charge in [-0.15, -0.1) is 0 Å². The van der Waals surface area contributed by atoms with Crippen LogP contribution in [-0.4, -0.2) is 78.9 Å². The Hall–Kier alpha value is -4.58. The van der Waals surface area contributed by atoms with Gasteiger partial charge in [0, 0.05) is 64.2 Å². The van der Waals surface area contributed by atoms with E-state index in [0.29, 0.717) is 6.42 Å². The molecule has 0 aliphatic carbocycles. The highest BCUT2D eigenvalue weighted by molar-refractivity contribution is 5.83. The molecule has 0 bridgehead atoms. The first-order valence-electron chi connectivity index (χ1n) is 17.7. The maximum Gasteiger partial charge on any atom is 0.328 e. The molecule has 3 N–H and O–H groups in total. The first-order chi connectivity index (χ1) is 24.9. The van der Waals surface area contributed by atoms with Gasteiger partial charge in [-0.2, -0.15) is 0 Å². The third-order valence-electron chi connectivity index (χ3n) is 9.57. The van der Waals surface area contributed by atoms with E-state index in [2.05, 4.69) is 50.8 Å². The Labute approximate surface area is 300 Å². The van der Waals surface area contributed by atoms with Crippen LogP contribution in [0.15, 0.2) is 109 Å². The summed E-state index contributed by atoms with van der Waals surface area (Å²) < 4.78 is 18.1. The number of esters is 1. The van der Waals surface area contributed by atoms with Crippen LogP contribution < -0.4 is 10.6 Å². The Morgan fingerprint density at radius 1 is 0.765 bits per heavy atom. The lowest BCUT2D eigenvalue weighted by Crippen LogP contribution is -2.49. The Morgan fingerprint density at radius 3 is 2.02 bits per heavy atom. The van der Waals surface area contributed by atoms with Crippen molar-refractivity contribution in [2.75, 3.05) is 39.8 Å². The van der Waals surface area contributed by atoms with Crippen molar-refractivity contribution in [3.05, 3.63) is 143 Å². The molecule has 4 aromatic carbocycles. The summed E-state index contributed by atoms with van der Waals surface area (Å²) in [5.74, 6) is -0.503. The van der Waals surface area contributed by atoms with Crippen LogP contribution in [0.5, 0.6) is 0 Å². The smallest absolute Gasteiger partial charge is 0.328 e. The number of amides is 2. The molecule has 2 aliphatic heterocycles. The number of aliphatic hydroxyl groups is 1. The van der Waals surface area contributed by atoms with Crippen LogP contribution in [0.4, 0.5) is 4.79 Å². The van der Waals surface area contributed by atoms with Crippen LogP contribution >= 0.6 is 0 Å². The van der Waals surface area contributed by atoms with Crippen LogP contribution in [0.3, 0.4) is 0 Å². The van der Waals surface area contributed by atoms with E-state index in [0.717, 1.165) is 73.5 Å². The van der Waals surface area contributed by atoms with Gasteiger partial charge in [0.15, 0.2) is 6.29 Å². The molecule has 51 heavy (non-hydrogen) atoms. The van der Waals surface area contributed by atoms with Crippen LogP contribution in [0.25, 0.3) is 0 Å². The Bertz CT molecular complexity index is 1660. The number of urea groups is 1. The molecular formula is C41H48N4O6. The number of nitrogens with one attached hydrogen (secondary N) is 2. The molecule has 2 fully saturated rings. The SMILES string of the molecule is COC(=O)[C@H](Cc1ccccc1)NC(=O)NCc1ccc([C@H]2O[C@@H](CN3CCN(Cc4ccccc4)CC3)C[C@@H](c3ccc(CO)cc3)O2)cc1. The average molecular weight is 693 g/mol. The number of methoxy groups -OCH3 is 1. The molecule has 0 spiro atoms. The summed E-state index contributed by atoms with van der Waals surface area (Å²) in [6.07, 6.45) is 0.303. The van der Waals surface area contributed by atoms with Crippen molar-refractivity contribution in [2.24, 2.45) is 0 Å². The van der Waals surface area contributed by atoms with E-state index in [9.17, 15) is 14.7 Å². The quantitative estimate of drug-likeness (QED) is 0.166. The topological polar surface area (TPSA) is 113 Å². The lowest BCUT2D eigenvalue weighted by molar-refractivity contribution is -0.253. The summed E-state index contributed by atoms with van der Waals surface area (Å²) in [6.45, 7) is 6.04. The summed E-state index contributed by atoms with van der Waals surface area (Å²) in [5, 5.41) is 15.2. The summed E-state index contributed by atoms with van der Waals surface area (Å²) >= 11 is 0. The average Bonchev–Trinajstić information content (AvgIpc) is 3.18. The zero-order chi connectivity index (χ0) is 35.4. The number of ether oxygens (including phenoxy) is 3. The van der Waals surface area contributed by atoms with Gasteiger partial charge in [-0.1, -0.05) is 109 Å². The number of hydrogen-bond acceptors (Lipinski definition) is 8. The van der Waals surface area contributed by atoms with Gasteiger partial charge in [0.1, 0.15) is 6.04 Å². The van der Waals surface area contributed by atoms with E-state index < -0.39 is 24.3 Å². The third-order valence-corrected chi connectivity index (χ3v) is 9.57. The summed E-state index contributed by atoms with van der Waals surface area (Å²) in [4.78, 5) is 30.1. The van der Waals surface area contributed by atoms with Gasteiger partial charge in [0.05, 0.1) is 25.9 Å². The van der Waals surface area contributed by atoms with Crippen molar-refractivity contribution in [3.63, 3.8) is 0 Å². The fourth-order valence-corrected chi connectivity index (χ4v) is 6.66. The molecule has 10 heteroatoms. The second-order valence-electron chi connectivity index (χ2n) is 13.2. The Balaban J connectivity index is 1.06. The lowest BCUT2D eigenvalue weighted by atomic mass is 9.99. The van der Waals surface area contributed by atoms with Crippen molar-refractivity contribution in [2.45, 2.75) is 57.1 Å². The van der Waals surface area contributed by atoms with E-state index in [1.54, 1.807) is 0 Å². The van der Waals surface area contributed by atoms with Gasteiger partial charge >= 0.3 is 12.0 Å². The Kier molecular flexibility index (Phi) is 12.8. The van der Waals surface area contributed by atoms with Crippen molar-refractivity contribution >= 4 is 12.0 Å². The predicted octanol–water partition coefficient (Wildman–Crippen LogP) is 5.13. The summed E-state index contributed by atoms with van der Waals surface area (Å²) in [5.41, 5.74) is 5.97. The monoisotopic (exact) mass is 692 g/mol. The molecule has 0 aromatic heterocycles. The first kappa shape index (κ1) is 36.2. The van der Waals surface area contributed by atoms with Gasteiger partial charge in [-0.05, 0) is 27.8 Å². The molecule has 2 saturated heterocycles. The summed E-state index contributed by atoms with van der Waals surface area (Å²) in [7, 11) is 1.31. The summed E-state index contributed by atoms with van der Waals surface area (Å²) in [6, 6.07) is 34.6. The molecule has 2 aliphatic rings. The molecule has 0 unspecified atom stereocenters. The van der Waals surface area contributed by atoms with Crippen molar-refractivity contribution in [1.29, 1.82) is 0 Å². The largest absolute Gasteiger partial charge is 0.467 e. The van der Waals surface area contributed by atoms with Crippen molar-refractivity contribution < 1.29 is 28.9 Å². The highest BCUT2D eigenvalue weighted by Crippen LogP contribution is 2.38. The molecule has 0 radical (unpaired) electrons. The van der Waals surface area contributed by atoms with Crippen molar-refractivity contribution in [1.82, 2.24) is 20.4 Å². The van der Waals surface area contributed by atoms with Gasteiger partial charge in [-0.3, -0.25) is 9.80 Å². The lowest BCUT2D eigenvalue weighted by Gasteiger charge is -2.40. The predicted molar refractivity (Wildman–Crippen MR) is 194 cm³/mol. The minimum absolute atomic E-state index is 0.00116. The first-order valence-corrected chi connectivity index (χ1v) is 17.7. The van der Waals surface area contributed by atoms with Gasteiger partial charge < -0.3 is 30.0 Å². The molecule has 2 amide bonds. The minimum atomic E-state index is -0.806. The van der Waals surface area contributed by atoms with E-state index >= 15 is 0 Å². The number of nitrogens with zero attached hydrogens (tertiary/aromatic N) is 2. The molecule has 10 nitrogen and oxygen atoms in total. The van der Waals surface area contributed by atoms with E-state index in [1.807, 2.05) is 78.9 Å². The molecule has 0 saturated carbocycles. The fraction of sp³-hybridized carbons (Fsp3) is 0.366. The van der Waals surface area contributed by atoms with Crippen LogP contribution in [0.2, 0.25) is 0 Å². The highest BCUT2D eigenvalue weighted by Gasteiger charge is 2.34. The highest BCUT2D eigenvalue weighted by atomic mass is 16.7. The number of piperazine rings is 1. The number of aliphatic hydroxyl groups excluding tert-OH is 1. The zero-order valence-electron chi connectivity index (χ0n) is 29.2. The fourth-order valence-electron chi connectivity index (χ4n) is 6.66. The normalized spacial score (nSPS) is 20.3. The maximum atomic E-state index is 12.8. The third kappa shape index (κ3) is 10.5. The van der Waals surface area contributed by atoms with Gasteiger partial charge in [-0.25, -0.2) is 9.59 Å². The van der Waals surface area contributed by atoms with Gasteiger partial charge in [0.25, 0.3) is 0 Å². The maximum absolute atomic E-state index is 12.8. The second kappa shape index (κ2) is 18.1. The number of carbonyl (C=O) groups is 2. The second-order valence-corrected chi connectivity index (χ2v) is 13.2. The standard InChI is InChI=1S/C41H48N4O6/c1-49-39(47)37(24-30-8-4-2-5-9-30)43-41(48)42-26-31-12-18-35(19-13-31)40-50-36(25-38(51-40)34-16-14-33(29-46)15-17-34)28-45-22-20-44(21-23-45)27-32-10-6-3-7-11-32/h2-19,36-38,40,46H,20-29H2,1H3,(H2,42,43,48)/t36-,37+,38+,40+/m1/s1. The van der Waals surface area contributed by atoms with Crippen LogP contribution in [0.1, 0.15) is 52.2 Å². The molecule has 4 atom stereocenters.